The number of benzene rings is 1. The average molecular weight is 208 g/mol. The largest absolute Gasteiger partial charge is 0.374 e. The summed E-state index contributed by atoms with van der Waals surface area (Å²) in [6, 6.07) is 6.53. The second-order valence-electron chi connectivity index (χ2n) is 3.25. The molecule has 0 aliphatic carbocycles. The predicted octanol–water partition coefficient (Wildman–Crippen LogP) is 2.40. The minimum Gasteiger partial charge on any atom is -0.374 e. The van der Waals surface area contributed by atoms with Crippen LogP contribution in [0.4, 0.5) is 4.39 Å². The molecule has 0 saturated heterocycles. The van der Waals surface area contributed by atoms with Gasteiger partial charge in [-0.15, -0.1) is 0 Å². The highest BCUT2D eigenvalue weighted by Gasteiger charge is 1.99. The summed E-state index contributed by atoms with van der Waals surface area (Å²) in [5, 5.41) is 3.20. The van der Waals surface area contributed by atoms with Gasteiger partial charge in [-0.2, -0.15) is 0 Å². The lowest BCUT2D eigenvalue weighted by molar-refractivity contribution is 0.627. The fraction of sp³-hybridized carbons (Fsp3) is 0.417. The summed E-state index contributed by atoms with van der Waals surface area (Å²) in [4.78, 5) is 4.34. The molecular formula is C12H17FN2. The van der Waals surface area contributed by atoms with E-state index in [1.54, 1.807) is 12.1 Å². The molecule has 2 nitrogen and oxygen atoms in total. The van der Waals surface area contributed by atoms with Gasteiger partial charge in [-0.25, -0.2) is 4.39 Å². The third-order valence-electron chi connectivity index (χ3n) is 2.01. The Morgan fingerprint density at radius 3 is 2.47 bits per heavy atom. The van der Waals surface area contributed by atoms with Crippen molar-refractivity contribution in [3.8, 4) is 0 Å². The van der Waals surface area contributed by atoms with E-state index in [9.17, 15) is 4.39 Å². The summed E-state index contributed by atoms with van der Waals surface area (Å²) in [5.41, 5.74) is 1.07. The monoisotopic (exact) mass is 208 g/mol. The van der Waals surface area contributed by atoms with Gasteiger partial charge in [0, 0.05) is 19.5 Å². The molecule has 0 unspecified atom stereocenters. The molecule has 0 aliphatic rings. The number of aliphatic imine (C=N–C) groups is 1. The van der Waals surface area contributed by atoms with E-state index in [-0.39, 0.29) is 5.82 Å². The summed E-state index contributed by atoms with van der Waals surface area (Å²) in [6.07, 6.45) is 0.738. The van der Waals surface area contributed by atoms with Crippen LogP contribution < -0.4 is 5.32 Å². The smallest absolute Gasteiger partial charge is 0.123 e. The van der Waals surface area contributed by atoms with Crippen molar-refractivity contribution in [2.24, 2.45) is 4.99 Å². The zero-order valence-electron chi connectivity index (χ0n) is 9.26. The zero-order valence-corrected chi connectivity index (χ0v) is 9.26. The van der Waals surface area contributed by atoms with Gasteiger partial charge in [0.2, 0.25) is 0 Å². The first-order valence-corrected chi connectivity index (χ1v) is 5.28. The van der Waals surface area contributed by atoms with Crippen LogP contribution in [0.3, 0.4) is 0 Å². The first-order valence-electron chi connectivity index (χ1n) is 5.28. The van der Waals surface area contributed by atoms with Gasteiger partial charge in [-0.1, -0.05) is 12.1 Å². The van der Waals surface area contributed by atoms with Gasteiger partial charge >= 0.3 is 0 Å². The van der Waals surface area contributed by atoms with E-state index in [4.69, 9.17) is 0 Å². The van der Waals surface area contributed by atoms with E-state index in [0.29, 0.717) is 0 Å². The molecule has 0 aromatic heterocycles. The maximum atomic E-state index is 12.7. The molecule has 0 amide bonds. The number of nitrogens with zero attached hydrogens (tertiary/aromatic N) is 1. The molecule has 0 bridgehead atoms. The number of nitrogens with one attached hydrogen (secondary N) is 1. The topological polar surface area (TPSA) is 24.4 Å². The molecule has 82 valence electrons. The molecule has 1 rings (SSSR count). The number of rotatable bonds is 4. The van der Waals surface area contributed by atoms with Crippen molar-refractivity contribution in [3.05, 3.63) is 35.6 Å². The van der Waals surface area contributed by atoms with E-state index in [0.717, 1.165) is 30.9 Å². The third kappa shape index (κ3) is 4.11. The van der Waals surface area contributed by atoms with Crippen LogP contribution in [0.25, 0.3) is 0 Å². The fourth-order valence-corrected chi connectivity index (χ4v) is 1.36. The van der Waals surface area contributed by atoms with Crippen LogP contribution in [0.15, 0.2) is 29.3 Å². The summed E-state index contributed by atoms with van der Waals surface area (Å²) in [6.45, 7) is 5.67. The van der Waals surface area contributed by atoms with E-state index >= 15 is 0 Å². The van der Waals surface area contributed by atoms with Gasteiger partial charge in [0.15, 0.2) is 0 Å². The second-order valence-corrected chi connectivity index (χ2v) is 3.25. The molecule has 15 heavy (non-hydrogen) atoms. The number of hydrogen-bond acceptors (Lipinski definition) is 1. The van der Waals surface area contributed by atoms with Crippen molar-refractivity contribution >= 4 is 5.84 Å². The lowest BCUT2D eigenvalue weighted by Crippen LogP contribution is -2.25. The summed E-state index contributed by atoms with van der Waals surface area (Å²) >= 11 is 0. The van der Waals surface area contributed by atoms with Crippen molar-refractivity contribution in [1.29, 1.82) is 0 Å². The Labute approximate surface area is 90.2 Å². The number of hydrogen-bond donors (Lipinski definition) is 1. The third-order valence-corrected chi connectivity index (χ3v) is 2.01. The van der Waals surface area contributed by atoms with Crippen LogP contribution in [-0.2, 0) is 6.42 Å². The van der Waals surface area contributed by atoms with Crippen molar-refractivity contribution in [2.75, 3.05) is 13.1 Å². The molecule has 0 fully saturated rings. The van der Waals surface area contributed by atoms with Crippen molar-refractivity contribution in [1.82, 2.24) is 5.32 Å². The summed E-state index contributed by atoms with van der Waals surface area (Å²) < 4.78 is 12.7. The summed E-state index contributed by atoms with van der Waals surface area (Å²) in [7, 11) is 0. The lowest BCUT2D eigenvalue weighted by Gasteiger charge is -2.07. The number of halogens is 1. The minimum atomic E-state index is -0.198. The summed E-state index contributed by atoms with van der Waals surface area (Å²) in [5.74, 6) is 0.766. The van der Waals surface area contributed by atoms with Gasteiger partial charge in [-0.05, 0) is 31.5 Å². The molecular weight excluding hydrogens is 191 g/mol. The molecule has 0 atom stereocenters. The molecule has 1 aromatic carbocycles. The van der Waals surface area contributed by atoms with Gasteiger partial charge in [0.05, 0.1) is 0 Å². The van der Waals surface area contributed by atoms with Crippen molar-refractivity contribution in [3.63, 3.8) is 0 Å². The molecule has 0 saturated carbocycles. The fourth-order valence-electron chi connectivity index (χ4n) is 1.36. The van der Waals surface area contributed by atoms with Crippen LogP contribution in [0, 0.1) is 5.82 Å². The first-order chi connectivity index (χ1) is 7.26. The Balaban J connectivity index is 2.65. The maximum Gasteiger partial charge on any atom is 0.123 e. The molecule has 0 aliphatic heterocycles. The van der Waals surface area contributed by atoms with E-state index < -0.39 is 0 Å². The molecule has 0 spiro atoms. The van der Waals surface area contributed by atoms with Crippen LogP contribution >= 0.6 is 0 Å². The van der Waals surface area contributed by atoms with E-state index in [1.165, 1.54) is 12.1 Å². The van der Waals surface area contributed by atoms with Crippen molar-refractivity contribution in [2.45, 2.75) is 20.3 Å². The quantitative estimate of drug-likeness (QED) is 0.596. The number of likely N-dealkylation sites (N-methyl/N-ethyl adjacent to an activating group) is 1. The minimum absolute atomic E-state index is 0.198. The standard InChI is InChI=1S/C12H17FN2/c1-3-14-12(15-4-2)9-10-5-7-11(13)8-6-10/h5-8H,3-4,9H2,1-2H3,(H,14,15). The van der Waals surface area contributed by atoms with Crippen LogP contribution in [0.2, 0.25) is 0 Å². The highest BCUT2D eigenvalue weighted by Crippen LogP contribution is 2.03. The molecule has 1 aromatic rings. The normalized spacial score (nSPS) is 11.5. The number of amidine groups is 1. The zero-order chi connectivity index (χ0) is 11.1. The highest BCUT2D eigenvalue weighted by molar-refractivity contribution is 5.84. The Hall–Kier alpha value is -1.38. The Bertz CT molecular complexity index is 317. The Kier molecular flexibility index (Phi) is 4.81. The Morgan fingerprint density at radius 1 is 1.27 bits per heavy atom. The lowest BCUT2D eigenvalue weighted by atomic mass is 10.1. The van der Waals surface area contributed by atoms with Gasteiger partial charge in [-0.3, -0.25) is 4.99 Å². The second kappa shape index (κ2) is 6.17. The Morgan fingerprint density at radius 2 is 1.93 bits per heavy atom. The van der Waals surface area contributed by atoms with Crippen LogP contribution in [0.1, 0.15) is 19.4 Å². The molecule has 0 heterocycles. The first kappa shape index (κ1) is 11.7. The van der Waals surface area contributed by atoms with Gasteiger partial charge in [0.1, 0.15) is 11.7 Å². The van der Waals surface area contributed by atoms with Gasteiger partial charge < -0.3 is 5.32 Å². The molecule has 1 N–H and O–H groups in total. The van der Waals surface area contributed by atoms with Crippen LogP contribution in [-0.4, -0.2) is 18.9 Å². The van der Waals surface area contributed by atoms with E-state index in [1.807, 2.05) is 13.8 Å². The van der Waals surface area contributed by atoms with Crippen molar-refractivity contribution < 1.29 is 4.39 Å². The highest BCUT2D eigenvalue weighted by atomic mass is 19.1. The molecule has 0 radical (unpaired) electrons. The molecule has 3 heteroatoms. The van der Waals surface area contributed by atoms with Gasteiger partial charge in [0.25, 0.3) is 0 Å². The average Bonchev–Trinajstić information content (AvgIpc) is 2.22. The predicted molar refractivity (Wildman–Crippen MR) is 61.8 cm³/mol. The SMILES string of the molecule is CCN=C(Cc1ccc(F)cc1)NCC. The van der Waals surface area contributed by atoms with E-state index in [2.05, 4.69) is 10.3 Å². The maximum absolute atomic E-state index is 12.7. The van der Waals surface area contributed by atoms with Crippen LogP contribution in [0.5, 0.6) is 0 Å².